The van der Waals surface area contributed by atoms with E-state index in [0.717, 1.165) is 13.0 Å². The molecule has 0 bridgehead atoms. The third kappa shape index (κ3) is 3.04. The van der Waals surface area contributed by atoms with Crippen molar-refractivity contribution in [3.8, 4) is 0 Å². The van der Waals surface area contributed by atoms with E-state index in [1.165, 1.54) is 15.6 Å². The van der Waals surface area contributed by atoms with Gasteiger partial charge in [0.2, 0.25) is 0 Å². The molecule has 0 amide bonds. The molecule has 4 heteroatoms. The Labute approximate surface area is 106 Å². The molecule has 1 unspecified atom stereocenters. The van der Waals surface area contributed by atoms with Gasteiger partial charge in [0.15, 0.2) is 0 Å². The number of fused-ring (bicyclic) bond motifs is 1. The molecule has 0 aliphatic carbocycles. The Kier molecular flexibility index (Phi) is 4.50. The first-order chi connectivity index (χ1) is 8.35. The Morgan fingerprint density at radius 1 is 1.41 bits per heavy atom. The molecule has 0 saturated heterocycles. The second kappa shape index (κ2) is 6.12. The molecule has 0 spiro atoms. The lowest BCUT2D eigenvalue weighted by molar-refractivity contribution is 0.123. The summed E-state index contributed by atoms with van der Waals surface area (Å²) in [6, 6.07) is 8.63. The van der Waals surface area contributed by atoms with Gasteiger partial charge in [-0.25, -0.2) is 0 Å². The summed E-state index contributed by atoms with van der Waals surface area (Å²) in [5, 5.41) is 3.54. The van der Waals surface area contributed by atoms with Crippen molar-refractivity contribution in [2.75, 3.05) is 13.2 Å². The van der Waals surface area contributed by atoms with Gasteiger partial charge in [-0.1, -0.05) is 18.2 Å². The van der Waals surface area contributed by atoms with Gasteiger partial charge >= 0.3 is 0 Å². The molecular weight excluding hydrogens is 232 g/mol. The molecule has 92 valence electrons. The van der Waals surface area contributed by atoms with Gasteiger partial charge in [-0.15, -0.1) is 11.3 Å². The zero-order valence-electron chi connectivity index (χ0n) is 9.98. The zero-order chi connectivity index (χ0) is 12.1. The SMILES string of the molecule is CCOCC(Cc1csc2ccccc12)NN. The molecule has 0 radical (unpaired) electrons. The quantitative estimate of drug-likeness (QED) is 0.611. The normalized spacial score (nSPS) is 13.1. The van der Waals surface area contributed by atoms with Crippen molar-refractivity contribution in [2.45, 2.75) is 19.4 Å². The van der Waals surface area contributed by atoms with Gasteiger partial charge in [0, 0.05) is 17.3 Å². The van der Waals surface area contributed by atoms with Crippen LogP contribution in [0.25, 0.3) is 10.1 Å². The average molecular weight is 250 g/mol. The third-order valence-corrected chi connectivity index (χ3v) is 3.80. The number of hydrogen-bond acceptors (Lipinski definition) is 4. The fourth-order valence-electron chi connectivity index (χ4n) is 1.88. The van der Waals surface area contributed by atoms with E-state index in [9.17, 15) is 0 Å². The first kappa shape index (κ1) is 12.5. The van der Waals surface area contributed by atoms with Crippen molar-refractivity contribution in [1.29, 1.82) is 0 Å². The van der Waals surface area contributed by atoms with Gasteiger partial charge in [0.25, 0.3) is 0 Å². The van der Waals surface area contributed by atoms with Crippen molar-refractivity contribution in [1.82, 2.24) is 5.43 Å². The molecule has 1 aromatic heterocycles. The fourth-order valence-corrected chi connectivity index (χ4v) is 2.86. The summed E-state index contributed by atoms with van der Waals surface area (Å²) < 4.78 is 6.74. The van der Waals surface area contributed by atoms with Gasteiger partial charge in [0.05, 0.1) is 6.61 Å². The van der Waals surface area contributed by atoms with Crippen molar-refractivity contribution in [2.24, 2.45) is 5.84 Å². The van der Waals surface area contributed by atoms with E-state index < -0.39 is 0 Å². The molecule has 2 aromatic rings. The van der Waals surface area contributed by atoms with Crippen molar-refractivity contribution < 1.29 is 4.74 Å². The van der Waals surface area contributed by atoms with Crippen molar-refractivity contribution in [3.63, 3.8) is 0 Å². The Morgan fingerprint density at radius 2 is 2.24 bits per heavy atom. The van der Waals surface area contributed by atoms with Crippen LogP contribution in [0.15, 0.2) is 29.6 Å². The Balaban J connectivity index is 2.11. The van der Waals surface area contributed by atoms with Gasteiger partial charge < -0.3 is 4.74 Å². The molecule has 0 aliphatic heterocycles. The van der Waals surface area contributed by atoms with E-state index in [0.29, 0.717) is 6.61 Å². The minimum Gasteiger partial charge on any atom is -0.380 e. The monoisotopic (exact) mass is 250 g/mol. The maximum Gasteiger partial charge on any atom is 0.0636 e. The number of hydrogen-bond donors (Lipinski definition) is 2. The number of rotatable bonds is 6. The molecule has 2 rings (SSSR count). The van der Waals surface area contributed by atoms with Crippen LogP contribution in [-0.4, -0.2) is 19.3 Å². The molecule has 3 nitrogen and oxygen atoms in total. The number of thiophene rings is 1. The summed E-state index contributed by atoms with van der Waals surface area (Å²) in [6.45, 7) is 3.37. The smallest absolute Gasteiger partial charge is 0.0636 e. The predicted octanol–water partition coefficient (Wildman–Crippen LogP) is 2.31. The number of benzene rings is 1. The largest absolute Gasteiger partial charge is 0.380 e. The van der Waals surface area contributed by atoms with Crippen LogP contribution >= 0.6 is 11.3 Å². The van der Waals surface area contributed by atoms with E-state index in [1.54, 1.807) is 11.3 Å². The minimum atomic E-state index is 0.174. The number of nitrogens with two attached hydrogens (primary N) is 1. The summed E-state index contributed by atoms with van der Waals surface area (Å²) in [5.41, 5.74) is 4.16. The van der Waals surface area contributed by atoms with E-state index in [4.69, 9.17) is 10.6 Å². The second-order valence-corrected chi connectivity index (χ2v) is 4.90. The average Bonchev–Trinajstić information content (AvgIpc) is 2.78. The highest BCUT2D eigenvalue weighted by Gasteiger charge is 2.11. The van der Waals surface area contributed by atoms with E-state index >= 15 is 0 Å². The highest BCUT2D eigenvalue weighted by molar-refractivity contribution is 7.17. The first-order valence-corrected chi connectivity index (χ1v) is 6.72. The van der Waals surface area contributed by atoms with Gasteiger partial charge in [-0.05, 0) is 35.7 Å². The Hall–Kier alpha value is -0.940. The lowest BCUT2D eigenvalue weighted by atomic mass is 10.1. The predicted molar refractivity (Wildman–Crippen MR) is 73.1 cm³/mol. The van der Waals surface area contributed by atoms with E-state index in [1.807, 2.05) is 6.92 Å². The van der Waals surface area contributed by atoms with Crippen LogP contribution in [-0.2, 0) is 11.2 Å². The summed E-state index contributed by atoms with van der Waals surface area (Å²) in [4.78, 5) is 0. The summed E-state index contributed by atoms with van der Waals surface area (Å²) >= 11 is 1.78. The fraction of sp³-hybridized carbons (Fsp3) is 0.385. The lowest BCUT2D eigenvalue weighted by Gasteiger charge is -2.15. The topological polar surface area (TPSA) is 47.3 Å². The minimum absolute atomic E-state index is 0.174. The van der Waals surface area contributed by atoms with E-state index in [2.05, 4.69) is 35.1 Å². The van der Waals surface area contributed by atoms with Crippen LogP contribution < -0.4 is 11.3 Å². The molecule has 1 heterocycles. The molecule has 0 aliphatic rings. The number of hydrazine groups is 1. The molecule has 1 aromatic carbocycles. The van der Waals surface area contributed by atoms with Crippen LogP contribution in [0.1, 0.15) is 12.5 Å². The number of ether oxygens (including phenoxy) is 1. The summed E-state index contributed by atoms with van der Waals surface area (Å²) in [7, 11) is 0. The molecular formula is C13H18N2OS. The van der Waals surface area contributed by atoms with Crippen LogP contribution in [0.5, 0.6) is 0 Å². The summed E-state index contributed by atoms with van der Waals surface area (Å²) in [5.74, 6) is 5.55. The van der Waals surface area contributed by atoms with Crippen LogP contribution in [0.2, 0.25) is 0 Å². The standard InChI is InChI=1S/C13H18N2OS/c1-2-16-8-11(15-14)7-10-9-17-13-6-4-3-5-12(10)13/h3-6,9,11,15H,2,7-8,14H2,1H3. The first-order valence-electron chi connectivity index (χ1n) is 5.84. The van der Waals surface area contributed by atoms with Gasteiger partial charge in [0.1, 0.15) is 0 Å². The second-order valence-electron chi connectivity index (χ2n) is 3.98. The van der Waals surface area contributed by atoms with Crippen molar-refractivity contribution >= 4 is 21.4 Å². The highest BCUT2D eigenvalue weighted by Crippen LogP contribution is 2.26. The van der Waals surface area contributed by atoms with Gasteiger partial charge in [-0.2, -0.15) is 0 Å². The van der Waals surface area contributed by atoms with Crippen LogP contribution in [0, 0.1) is 0 Å². The zero-order valence-corrected chi connectivity index (χ0v) is 10.8. The lowest BCUT2D eigenvalue weighted by Crippen LogP contribution is -2.40. The third-order valence-electron chi connectivity index (χ3n) is 2.79. The molecule has 1 atom stereocenters. The molecule has 0 saturated carbocycles. The number of nitrogens with one attached hydrogen (secondary N) is 1. The van der Waals surface area contributed by atoms with E-state index in [-0.39, 0.29) is 6.04 Å². The van der Waals surface area contributed by atoms with Crippen LogP contribution in [0.4, 0.5) is 0 Å². The molecule has 17 heavy (non-hydrogen) atoms. The molecule has 0 fully saturated rings. The highest BCUT2D eigenvalue weighted by atomic mass is 32.1. The van der Waals surface area contributed by atoms with Crippen LogP contribution in [0.3, 0.4) is 0 Å². The van der Waals surface area contributed by atoms with Gasteiger partial charge in [-0.3, -0.25) is 11.3 Å². The maximum absolute atomic E-state index is 5.55. The maximum atomic E-state index is 5.55. The Bertz CT molecular complexity index is 469. The Morgan fingerprint density at radius 3 is 3.00 bits per heavy atom. The molecule has 3 N–H and O–H groups in total. The summed E-state index contributed by atoms with van der Waals surface area (Å²) in [6.07, 6.45) is 0.903. The van der Waals surface area contributed by atoms with Crippen molar-refractivity contribution in [3.05, 3.63) is 35.2 Å².